The summed E-state index contributed by atoms with van der Waals surface area (Å²) in [6.45, 7) is 6.51. The van der Waals surface area contributed by atoms with Crippen LogP contribution in [-0.4, -0.2) is 0 Å². The fourth-order valence-corrected chi connectivity index (χ4v) is 1.62. The molecule has 1 aromatic carbocycles. The first kappa shape index (κ1) is 8.36. The minimum Gasteiger partial charge on any atom is -0.464 e. The van der Waals surface area contributed by atoms with Crippen molar-refractivity contribution in [2.45, 2.75) is 26.7 Å². The van der Waals surface area contributed by atoms with Gasteiger partial charge in [0, 0.05) is 5.39 Å². The van der Waals surface area contributed by atoms with Crippen molar-refractivity contribution in [2.24, 2.45) is 0 Å². The Hall–Kier alpha value is -1.24. The van der Waals surface area contributed by atoms with Crippen molar-refractivity contribution in [3.8, 4) is 0 Å². The van der Waals surface area contributed by atoms with Crippen LogP contribution in [0.3, 0.4) is 0 Å². The first-order chi connectivity index (χ1) is 6.18. The van der Waals surface area contributed by atoms with E-state index in [0.29, 0.717) is 5.92 Å². The molecule has 13 heavy (non-hydrogen) atoms. The van der Waals surface area contributed by atoms with Gasteiger partial charge in [-0.05, 0) is 36.1 Å². The summed E-state index contributed by atoms with van der Waals surface area (Å²) in [5, 5.41) is 1.21. The van der Waals surface area contributed by atoms with Crippen molar-refractivity contribution in [3.63, 3.8) is 0 Å². The lowest BCUT2D eigenvalue weighted by atomic mass is 9.99. The molecule has 0 unspecified atom stereocenters. The van der Waals surface area contributed by atoms with Crippen LogP contribution in [0.2, 0.25) is 0 Å². The molecule has 0 aliphatic carbocycles. The van der Waals surface area contributed by atoms with Crippen LogP contribution in [-0.2, 0) is 0 Å². The molecule has 2 aromatic rings. The quantitative estimate of drug-likeness (QED) is 0.639. The van der Waals surface area contributed by atoms with Gasteiger partial charge in [0.25, 0.3) is 0 Å². The van der Waals surface area contributed by atoms with E-state index < -0.39 is 0 Å². The summed E-state index contributed by atoms with van der Waals surface area (Å²) in [6.07, 6.45) is 1.75. The third-order valence-electron chi connectivity index (χ3n) is 2.43. The summed E-state index contributed by atoms with van der Waals surface area (Å²) in [5.74, 6) is 0.581. The Morgan fingerprint density at radius 2 is 2.00 bits per heavy atom. The monoisotopic (exact) mass is 174 g/mol. The molecule has 0 radical (unpaired) electrons. The van der Waals surface area contributed by atoms with Gasteiger partial charge in [0.05, 0.1) is 6.26 Å². The molecule has 0 fully saturated rings. The maximum atomic E-state index is 5.38. The van der Waals surface area contributed by atoms with Crippen molar-refractivity contribution in [2.75, 3.05) is 0 Å². The third-order valence-corrected chi connectivity index (χ3v) is 2.43. The zero-order valence-electron chi connectivity index (χ0n) is 8.29. The number of hydrogen-bond donors (Lipinski definition) is 0. The Balaban J connectivity index is 2.70. The Labute approximate surface area is 78.4 Å². The maximum absolute atomic E-state index is 5.38. The van der Waals surface area contributed by atoms with Gasteiger partial charge in [-0.1, -0.05) is 19.9 Å². The van der Waals surface area contributed by atoms with Crippen molar-refractivity contribution in [3.05, 3.63) is 35.6 Å². The van der Waals surface area contributed by atoms with Crippen LogP contribution in [0.25, 0.3) is 11.0 Å². The average Bonchev–Trinajstić information content (AvgIpc) is 2.51. The molecule has 0 saturated carbocycles. The molecule has 1 heteroatoms. The molecule has 0 spiro atoms. The van der Waals surface area contributed by atoms with Gasteiger partial charge >= 0.3 is 0 Å². The molecule has 1 nitrogen and oxygen atoms in total. The van der Waals surface area contributed by atoms with Crippen LogP contribution < -0.4 is 0 Å². The summed E-state index contributed by atoms with van der Waals surface area (Å²) in [7, 11) is 0. The van der Waals surface area contributed by atoms with Gasteiger partial charge in [-0.15, -0.1) is 0 Å². The smallest absolute Gasteiger partial charge is 0.136 e. The fourth-order valence-electron chi connectivity index (χ4n) is 1.62. The van der Waals surface area contributed by atoms with Crippen molar-refractivity contribution in [1.82, 2.24) is 0 Å². The summed E-state index contributed by atoms with van der Waals surface area (Å²) < 4.78 is 5.38. The second-order valence-electron chi connectivity index (χ2n) is 3.83. The molecule has 0 aliphatic rings. The van der Waals surface area contributed by atoms with E-state index >= 15 is 0 Å². The van der Waals surface area contributed by atoms with Crippen LogP contribution in [0.1, 0.15) is 30.9 Å². The molecule has 1 heterocycles. The number of fused-ring (bicyclic) bond motifs is 1. The highest BCUT2D eigenvalue weighted by Crippen LogP contribution is 2.25. The Bertz CT molecular complexity index is 424. The van der Waals surface area contributed by atoms with E-state index in [-0.39, 0.29) is 0 Å². The van der Waals surface area contributed by atoms with Crippen molar-refractivity contribution in [1.29, 1.82) is 0 Å². The van der Waals surface area contributed by atoms with Crippen molar-refractivity contribution < 1.29 is 4.42 Å². The molecule has 68 valence electrons. The van der Waals surface area contributed by atoms with Crippen LogP contribution in [0, 0.1) is 6.92 Å². The molecule has 0 aliphatic heterocycles. The standard InChI is InChI=1S/C12H14O/c1-8(2)11-6-9(3)12-10(7-11)4-5-13-12/h4-8H,1-3H3. The summed E-state index contributed by atoms with van der Waals surface area (Å²) in [5.41, 5.74) is 3.63. The Kier molecular flexibility index (Phi) is 1.87. The van der Waals surface area contributed by atoms with Gasteiger partial charge in [0.15, 0.2) is 0 Å². The fraction of sp³-hybridized carbons (Fsp3) is 0.333. The topological polar surface area (TPSA) is 13.1 Å². The summed E-state index contributed by atoms with van der Waals surface area (Å²) >= 11 is 0. The number of aryl methyl sites for hydroxylation is 1. The van der Waals surface area contributed by atoms with Crippen LogP contribution in [0.4, 0.5) is 0 Å². The van der Waals surface area contributed by atoms with Crippen molar-refractivity contribution >= 4 is 11.0 Å². The highest BCUT2D eigenvalue weighted by molar-refractivity contribution is 5.81. The molecule has 0 atom stereocenters. The molecule has 2 rings (SSSR count). The van der Waals surface area contributed by atoms with Crippen LogP contribution >= 0.6 is 0 Å². The highest BCUT2D eigenvalue weighted by Gasteiger charge is 2.05. The van der Waals surface area contributed by atoms with Gasteiger partial charge in [-0.3, -0.25) is 0 Å². The van der Waals surface area contributed by atoms with E-state index in [1.165, 1.54) is 16.5 Å². The Morgan fingerprint density at radius 3 is 2.69 bits per heavy atom. The lowest BCUT2D eigenvalue weighted by Gasteiger charge is -2.06. The van der Waals surface area contributed by atoms with Crippen LogP contribution in [0.15, 0.2) is 28.9 Å². The average molecular weight is 174 g/mol. The largest absolute Gasteiger partial charge is 0.464 e. The second-order valence-corrected chi connectivity index (χ2v) is 3.83. The van der Waals surface area contributed by atoms with Gasteiger partial charge in [-0.2, -0.15) is 0 Å². The number of benzene rings is 1. The maximum Gasteiger partial charge on any atom is 0.136 e. The zero-order chi connectivity index (χ0) is 9.42. The van der Waals surface area contributed by atoms with E-state index in [0.717, 1.165) is 5.58 Å². The number of hydrogen-bond acceptors (Lipinski definition) is 1. The molecule has 0 saturated heterocycles. The molecule has 0 N–H and O–H groups in total. The number of furan rings is 1. The van der Waals surface area contributed by atoms with Crippen LogP contribution in [0.5, 0.6) is 0 Å². The molecular formula is C12H14O. The van der Waals surface area contributed by atoms with E-state index in [4.69, 9.17) is 4.42 Å². The van der Waals surface area contributed by atoms with E-state index in [9.17, 15) is 0 Å². The predicted octanol–water partition coefficient (Wildman–Crippen LogP) is 3.86. The highest BCUT2D eigenvalue weighted by atomic mass is 16.3. The molecular weight excluding hydrogens is 160 g/mol. The second kappa shape index (κ2) is 2.91. The predicted molar refractivity (Wildman–Crippen MR) is 55.0 cm³/mol. The third kappa shape index (κ3) is 1.35. The lowest BCUT2D eigenvalue weighted by Crippen LogP contribution is -1.87. The van der Waals surface area contributed by atoms with E-state index in [2.05, 4.69) is 32.9 Å². The van der Waals surface area contributed by atoms with E-state index in [1.54, 1.807) is 6.26 Å². The normalized spacial score (nSPS) is 11.4. The van der Waals surface area contributed by atoms with Gasteiger partial charge in [-0.25, -0.2) is 0 Å². The molecule has 0 bridgehead atoms. The van der Waals surface area contributed by atoms with Gasteiger partial charge in [0.2, 0.25) is 0 Å². The minimum absolute atomic E-state index is 0.581. The first-order valence-corrected chi connectivity index (χ1v) is 4.66. The lowest BCUT2D eigenvalue weighted by molar-refractivity contribution is 0.613. The molecule has 0 amide bonds. The molecule has 1 aromatic heterocycles. The van der Waals surface area contributed by atoms with E-state index in [1.807, 2.05) is 6.07 Å². The summed E-state index contributed by atoms with van der Waals surface area (Å²) in [4.78, 5) is 0. The first-order valence-electron chi connectivity index (χ1n) is 4.66. The number of rotatable bonds is 1. The van der Waals surface area contributed by atoms with Gasteiger partial charge < -0.3 is 4.42 Å². The SMILES string of the molecule is Cc1cc(C(C)C)cc2ccoc12. The zero-order valence-corrected chi connectivity index (χ0v) is 8.29. The Morgan fingerprint density at radius 1 is 1.23 bits per heavy atom. The van der Waals surface area contributed by atoms with Gasteiger partial charge in [0.1, 0.15) is 5.58 Å². The summed E-state index contributed by atoms with van der Waals surface area (Å²) in [6, 6.07) is 6.43. The minimum atomic E-state index is 0.581.